The molecule has 1 aromatic heterocycles. The normalized spacial score (nSPS) is 17.1. The highest BCUT2D eigenvalue weighted by Crippen LogP contribution is 2.37. The molecule has 3 heteroatoms. The van der Waals surface area contributed by atoms with Crippen LogP contribution in [0.3, 0.4) is 0 Å². The Bertz CT molecular complexity index is 536. The molecule has 1 heterocycles. The zero-order chi connectivity index (χ0) is 11.8. The summed E-state index contributed by atoms with van der Waals surface area (Å²) in [5.41, 5.74) is 9.44. The molecule has 2 aromatic rings. The average molecular weight is 229 g/mol. The minimum Gasteiger partial charge on any atom is -0.326 e. The Balaban J connectivity index is 2.16. The van der Waals surface area contributed by atoms with Crippen molar-refractivity contribution in [3.05, 3.63) is 29.5 Å². The fraction of sp³-hybridized carbons (Fsp3) is 0.500. The summed E-state index contributed by atoms with van der Waals surface area (Å²) in [6, 6.07) is 6.46. The second kappa shape index (κ2) is 4.15. The van der Waals surface area contributed by atoms with Crippen LogP contribution in [0.5, 0.6) is 0 Å². The lowest BCUT2D eigenvalue weighted by Crippen LogP contribution is -1.97. The fourth-order valence-electron chi connectivity index (χ4n) is 2.97. The number of nitrogens with zero attached hydrogens (tertiary/aromatic N) is 2. The van der Waals surface area contributed by atoms with Gasteiger partial charge in [0.1, 0.15) is 0 Å². The van der Waals surface area contributed by atoms with Crippen molar-refractivity contribution >= 4 is 10.9 Å². The van der Waals surface area contributed by atoms with Gasteiger partial charge in [-0.2, -0.15) is 5.10 Å². The van der Waals surface area contributed by atoms with Gasteiger partial charge >= 0.3 is 0 Å². The second-order valence-corrected chi connectivity index (χ2v) is 5.05. The maximum Gasteiger partial charge on any atom is 0.0734 e. The van der Waals surface area contributed by atoms with E-state index in [0.717, 1.165) is 0 Å². The number of rotatable bonds is 2. The number of benzene rings is 1. The Labute approximate surface area is 102 Å². The predicted octanol–water partition coefficient (Wildman–Crippen LogP) is 2.69. The molecule has 0 spiro atoms. The van der Waals surface area contributed by atoms with Crippen LogP contribution in [0.15, 0.2) is 18.2 Å². The first-order chi connectivity index (χ1) is 8.29. The van der Waals surface area contributed by atoms with Crippen molar-refractivity contribution in [3.8, 4) is 0 Å². The first-order valence-corrected chi connectivity index (χ1v) is 6.45. The van der Waals surface area contributed by atoms with Gasteiger partial charge in [0.05, 0.1) is 11.2 Å². The van der Waals surface area contributed by atoms with E-state index in [4.69, 9.17) is 10.8 Å². The van der Waals surface area contributed by atoms with Gasteiger partial charge in [0, 0.05) is 24.9 Å². The smallest absolute Gasteiger partial charge is 0.0734 e. The highest BCUT2D eigenvalue weighted by Gasteiger charge is 2.22. The summed E-state index contributed by atoms with van der Waals surface area (Å²) < 4.78 is 2.00. The van der Waals surface area contributed by atoms with Crippen LogP contribution in [-0.4, -0.2) is 9.78 Å². The lowest BCUT2D eigenvalue weighted by Gasteiger charge is -2.05. The molecule has 1 aromatic carbocycles. The van der Waals surface area contributed by atoms with Gasteiger partial charge in [0.15, 0.2) is 0 Å². The van der Waals surface area contributed by atoms with E-state index in [1.54, 1.807) is 0 Å². The molecule has 17 heavy (non-hydrogen) atoms. The van der Waals surface area contributed by atoms with Gasteiger partial charge in [-0.3, -0.25) is 4.68 Å². The molecule has 3 nitrogen and oxygen atoms in total. The summed E-state index contributed by atoms with van der Waals surface area (Å²) in [6.07, 6.45) is 5.27. The second-order valence-electron chi connectivity index (χ2n) is 5.05. The summed E-state index contributed by atoms with van der Waals surface area (Å²) >= 11 is 0. The number of aryl methyl sites for hydroxylation is 1. The Kier molecular flexibility index (Phi) is 2.63. The minimum absolute atomic E-state index is 0.606. The van der Waals surface area contributed by atoms with Crippen molar-refractivity contribution in [2.24, 2.45) is 12.8 Å². The van der Waals surface area contributed by atoms with Crippen LogP contribution in [-0.2, 0) is 13.6 Å². The Morgan fingerprint density at radius 3 is 2.82 bits per heavy atom. The standard InChI is InChI=1S/C14H19N3/c1-17-13-7-6-10(9-15)8-12(13)14(16-17)11-4-2-3-5-11/h6-8,11H,2-5,9,15H2,1H3. The van der Waals surface area contributed by atoms with Crippen molar-refractivity contribution in [2.45, 2.75) is 38.1 Å². The monoisotopic (exact) mass is 229 g/mol. The van der Waals surface area contributed by atoms with Crippen LogP contribution in [0.25, 0.3) is 10.9 Å². The Hall–Kier alpha value is -1.35. The van der Waals surface area contributed by atoms with Crippen molar-refractivity contribution < 1.29 is 0 Å². The molecule has 0 aliphatic heterocycles. The van der Waals surface area contributed by atoms with Crippen LogP contribution < -0.4 is 5.73 Å². The molecule has 90 valence electrons. The summed E-state index contributed by atoms with van der Waals surface area (Å²) in [4.78, 5) is 0. The lowest BCUT2D eigenvalue weighted by molar-refractivity contribution is 0.666. The number of nitrogens with two attached hydrogens (primary N) is 1. The molecule has 1 saturated carbocycles. The van der Waals surface area contributed by atoms with Gasteiger partial charge < -0.3 is 5.73 Å². The van der Waals surface area contributed by atoms with Crippen molar-refractivity contribution in [2.75, 3.05) is 0 Å². The van der Waals surface area contributed by atoms with E-state index in [1.807, 2.05) is 11.7 Å². The van der Waals surface area contributed by atoms with Crippen LogP contribution in [0.1, 0.15) is 42.9 Å². The Morgan fingerprint density at radius 2 is 2.12 bits per heavy atom. The molecule has 1 fully saturated rings. The van der Waals surface area contributed by atoms with Crippen LogP contribution in [0.4, 0.5) is 0 Å². The van der Waals surface area contributed by atoms with E-state index in [2.05, 4.69) is 18.2 Å². The van der Waals surface area contributed by atoms with Crippen molar-refractivity contribution in [1.82, 2.24) is 9.78 Å². The molecule has 1 aliphatic carbocycles. The lowest BCUT2D eigenvalue weighted by atomic mass is 9.99. The van der Waals surface area contributed by atoms with Gasteiger partial charge in [0.25, 0.3) is 0 Å². The molecule has 0 radical (unpaired) electrons. The largest absolute Gasteiger partial charge is 0.326 e. The number of hydrogen-bond acceptors (Lipinski definition) is 2. The molecule has 0 amide bonds. The topological polar surface area (TPSA) is 43.8 Å². The molecule has 0 unspecified atom stereocenters. The van der Waals surface area contributed by atoms with Crippen molar-refractivity contribution in [3.63, 3.8) is 0 Å². The molecule has 2 N–H and O–H groups in total. The summed E-state index contributed by atoms with van der Waals surface area (Å²) in [6.45, 7) is 0.606. The van der Waals surface area contributed by atoms with E-state index in [9.17, 15) is 0 Å². The highest BCUT2D eigenvalue weighted by molar-refractivity contribution is 5.83. The maximum absolute atomic E-state index is 5.72. The summed E-state index contributed by atoms with van der Waals surface area (Å²) in [5.74, 6) is 0.659. The highest BCUT2D eigenvalue weighted by atomic mass is 15.3. The van der Waals surface area contributed by atoms with E-state index >= 15 is 0 Å². The van der Waals surface area contributed by atoms with Gasteiger partial charge in [-0.25, -0.2) is 0 Å². The first kappa shape index (κ1) is 10.8. The molecular formula is C14H19N3. The zero-order valence-corrected chi connectivity index (χ0v) is 10.3. The average Bonchev–Trinajstić information content (AvgIpc) is 2.97. The summed E-state index contributed by atoms with van der Waals surface area (Å²) in [7, 11) is 2.03. The van der Waals surface area contributed by atoms with E-state index in [1.165, 1.54) is 47.8 Å². The van der Waals surface area contributed by atoms with Gasteiger partial charge in [-0.1, -0.05) is 18.9 Å². The van der Waals surface area contributed by atoms with Gasteiger partial charge in [-0.05, 0) is 30.5 Å². The Morgan fingerprint density at radius 1 is 1.35 bits per heavy atom. The zero-order valence-electron chi connectivity index (χ0n) is 10.3. The van der Waals surface area contributed by atoms with Crippen LogP contribution in [0, 0.1) is 0 Å². The quantitative estimate of drug-likeness (QED) is 0.860. The van der Waals surface area contributed by atoms with E-state index < -0.39 is 0 Å². The fourth-order valence-corrected chi connectivity index (χ4v) is 2.97. The minimum atomic E-state index is 0.606. The molecule has 1 aliphatic rings. The van der Waals surface area contributed by atoms with Gasteiger partial charge in [-0.15, -0.1) is 0 Å². The number of fused-ring (bicyclic) bond motifs is 1. The molecule has 3 rings (SSSR count). The third-order valence-electron chi connectivity index (χ3n) is 3.92. The van der Waals surface area contributed by atoms with Crippen LogP contribution in [0.2, 0.25) is 0 Å². The van der Waals surface area contributed by atoms with E-state index in [-0.39, 0.29) is 0 Å². The first-order valence-electron chi connectivity index (χ1n) is 6.45. The number of aromatic nitrogens is 2. The molecule has 0 bridgehead atoms. The predicted molar refractivity (Wildman–Crippen MR) is 69.8 cm³/mol. The number of hydrogen-bond donors (Lipinski definition) is 1. The van der Waals surface area contributed by atoms with Crippen LogP contribution >= 0.6 is 0 Å². The summed E-state index contributed by atoms with van der Waals surface area (Å²) in [5, 5.41) is 6.03. The van der Waals surface area contributed by atoms with E-state index in [0.29, 0.717) is 12.5 Å². The molecular weight excluding hydrogens is 210 g/mol. The maximum atomic E-state index is 5.72. The SMILES string of the molecule is Cn1nc(C2CCCC2)c2cc(CN)ccc21. The molecule has 0 saturated heterocycles. The third-order valence-corrected chi connectivity index (χ3v) is 3.92. The van der Waals surface area contributed by atoms with Gasteiger partial charge in [0.2, 0.25) is 0 Å². The third kappa shape index (κ3) is 1.75. The van der Waals surface area contributed by atoms with Crippen molar-refractivity contribution in [1.29, 1.82) is 0 Å². The molecule has 0 atom stereocenters.